The summed E-state index contributed by atoms with van der Waals surface area (Å²) in [7, 11) is 0. The van der Waals surface area contributed by atoms with Crippen molar-refractivity contribution in [1.29, 1.82) is 0 Å². The minimum absolute atomic E-state index is 0.563. The lowest BCUT2D eigenvalue weighted by Gasteiger charge is -2.12. The standard InChI is InChI=1S/C17H22O3/c1-13(2)8-7-9-14(3)12-16(17(18)19)20-15-10-5-4-6-11-15/h4-6,8,10-12,16H,7,9H2,1-3H3,(H,18,19). The molecule has 0 amide bonds. The monoisotopic (exact) mass is 274 g/mol. The third-order valence-electron chi connectivity index (χ3n) is 2.78. The zero-order valence-corrected chi connectivity index (χ0v) is 12.3. The summed E-state index contributed by atoms with van der Waals surface area (Å²) >= 11 is 0. The van der Waals surface area contributed by atoms with E-state index in [1.807, 2.05) is 25.1 Å². The second-order valence-corrected chi connectivity index (χ2v) is 5.02. The Bertz CT molecular complexity index is 482. The lowest BCUT2D eigenvalue weighted by molar-refractivity contribution is -0.142. The van der Waals surface area contributed by atoms with Crippen molar-refractivity contribution >= 4 is 5.97 Å². The van der Waals surface area contributed by atoms with Crippen molar-refractivity contribution in [3.63, 3.8) is 0 Å². The summed E-state index contributed by atoms with van der Waals surface area (Å²) in [6.07, 6.45) is 4.64. The predicted octanol–water partition coefficient (Wildman–Crippen LogP) is 4.21. The van der Waals surface area contributed by atoms with Gasteiger partial charge in [0.1, 0.15) is 5.75 Å². The molecule has 0 saturated carbocycles. The van der Waals surface area contributed by atoms with Gasteiger partial charge in [0.2, 0.25) is 6.10 Å². The molecule has 0 aliphatic heterocycles. The fourth-order valence-corrected chi connectivity index (χ4v) is 1.73. The van der Waals surface area contributed by atoms with Crippen LogP contribution in [-0.4, -0.2) is 17.2 Å². The first-order valence-electron chi connectivity index (χ1n) is 6.74. The first-order valence-corrected chi connectivity index (χ1v) is 6.74. The van der Waals surface area contributed by atoms with Gasteiger partial charge in [-0.3, -0.25) is 0 Å². The van der Waals surface area contributed by atoms with Gasteiger partial charge in [0, 0.05) is 0 Å². The number of hydrogen-bond donors (Lipinski definition) is 1. The molecule has 0 bridgehead atoms. The first kappa shape index (κ1) is 16.0. The maximum atomic E-state index is 11.2. The highest BCUT2D eigenvalue weighted by molar-refractivity contribution is 5.75. The van der Waals surface area contributed by atoms with E-state index in [0.717, 1.165) is 18.4 Å². The lowest BCUT2D eigenvalue weighted by Crippen LogP contribution is -2.25. The van der Waals surface area contributed by atoms with E-state index in [9.17, 15) is 9.90 Å². The largest absolute Gasteiger partial charge is 0.478 e. The quantitative estimate of drug-likeness (QED) is 0.757. The average Bonchev–Trinajstić information content (AvgIpc) is 2.38. The highest BCUT2D eigenvalue weighted by atomic mass is 16.5. The van der Waals surface area contributed by atoms with Crippen LogP contribution < -0.4 is 4.74 Å². The van der Waals surface area contributed by atoms with Crippen LogP contribution in [0.4, 0.5) is 0 Å². The second-order valence-electron chi connectivity index (χ2n) is 5.02. The molecule has 0 heterocycles. The molecule has 0 saturated heterocycles. The zero-order chi connectivity index (χ0) is 15.0. The van der Waals surface area contributed by atoms with Crippen molar-refractivity contribution in [3.05, 3.63) is 53.6 Å². The smallest absolute Gasteiger partial charge is 0.349 e. The molecule has 0 radical (unpaired) electrons. The highest BCUT2D eigenvalue weighted by Crippen LogP contribution is 2.14. The van der Waals surface area contributed by atoms with Gasteiger partial charge >= 0.3 is 5.97 Å². The number of rotatable bonds is 7. The Kier molecular flexibility index (Phi) is 6.57. The van der Waals surface area contributed by atoms with Crippen molar-refractivity contribution in [2.24, 2.45) is 0 Å². The first-order chi connectivity index (χ1) is 9.49. The summed E-state index contributed by atoms with van der Waals surface area (Å²) in [5, 5.41) is 9.22. The van der Waals surface area contributed by atoms with E-state index in [-0.39, 0.29) is 0 Å². The maximum Gasteiger partial charge on any atom is 0.349 e. The fourth-order valence-electron chi connectivity index (χ4n) is 1.73. The predicted molar refractivity (Wildman–Crippen MR) is 80.9 cm³/mol. The topological polar surface area (TPSA) is 46.5 Å². The third kappa shape index (κ3) is 6.23. The molecule has 1 aromatic carbocycles. The van der Waals surface area contributed by atoms with Crippen molar-refractivity contribution < 1.29 is 14.6 Å². The lowest BCUT2D eigenvalue weighted by atomic mass is 10.1. The number of allylic oxidation sites excluding steroid dienone is 3. The van der Waals surface area contributed by atoms with Crippen LogP contribution in [0, 0.1) is 0 Å². The molecule has 0 aliphatic carbocycles. The molecule has 3 heteroatoms. The van der Waals surface area contributed by atoms with Crippen LogP contribution in [0.15, 0.2) is 53.6 Å². The summed E-state index contributed by atoms with van der Waals surface area (Å²) in [5.74, 6) is -0.413. The molecule has 0 fully saturated rings. The van der Waals surface area contributed by atoms with Gasteiger partial charge in [-0.25, -0.2) is 4.79 Å². The van der Waals surface area contributed by atoms with Crippen molar-refractivity contribution in [2.75, 3.05) is 0 Å². The molecule has 1 unspecified atom stereocenters. The van der Waals surface area contributed by atoms with E-state index in [1.54, 1.807) is 18.2 Å². The Hall–Kier alpha value is -2.03. The SMILES string of the molecule is CC(C)=CCCC(C)=CC(Oc1ccccc1)C(=O)O. The molecule has 20 heavy (non-hydrogen) atoms. The number of carbonyl (C=O) groups is 1. The Morgan fingerprint density at radius 1 is 1.25 bits per heavy atom. The number of ether oxygens (including phenoxy) is 1. The van der Waals surface area contributed by atoms with Crippen molar-refractivity contribution in [3.8, 4) is 5.75 Å². The van der Waals surface area contributed by atoms with Gasteiger partial charge in [0.25, 0.3) is 0 Å². The number of hydrogen-bond acceptors (Lipinski definition) is 2. The number of carboxylic acid groups (broad SMARTS) is 1. The fraction of sp³-hybridized carbons (Fsp3) is 0.353. The van der Waals surface area contributed by atoms with E-state index in [2.05, 4.69) is 19.9 Å². The van der Waals surface area contributed by atoms with Gasteiger partial charge in [-0.2, -0.15) is 0 Å². The van der Waals surface area contributed by atoms with Gasteiger partial charge in [0.15, 0.2) is 0 Å². The van der Waals surface area contributed by atoms with Crippen LogP contribution in [0.2, 0.25) is 0 Å². The van der Waals surface area contributed by atoms with Crippen molar-refractivity contribution in [2.45, 2.75) is 39.7 Å². The molecule has 3 nitrogen and oxygen atoms in total. The summed E-state index contributed by atoms with van der Waals surface area (Å²) in [4.78, 5) is 11.2. The van der Waals surface area contributed by atoms with E-state index in [0.29, 0.717) is 5.75 Å². The summed E-state index contributed by atoms with van der Waals surface area (Å²) in [6.45, 7) is 6.04. The van der Waals surface area contributed by atoms with E-state index in [1.165, 1.54) is 5.57 Å². The van der Waals surface area contributed by atoms with Gasteiger partial charge in [-0.1, -0.05) is 35.4 Å². The molecule has 0 aliphatic rings. The second kappa shape index (κ2) is 8.20. The van der Waals surface area contributed by atoms with E-state index in [4.69, 9.17) is 4.74 Å². The molecule has 0 spiro atoms. The minimum Gasteiger partial charge on any atom is -0.478 e. The van der Waals surface area contributed by atoms with Crippen LogP contribution >= 0.6 is 0 Å². The van der Waals surface area contributed by atoms with Crippen LogP contribution in [0.5, 0.6) is 5.75 Å². The van der Waals surface area contributed by atoms with E-state index >= 15 is 0 Å². The van der Waals surface area contributed by atoms with Crippen molar-refractivity contribution in [1.82, 2.24) is 0 Å². The maximum absolute atomic E-state index is 11.2. The zero-order valence-electron chi connectivity index (χ0n) is 12.3. The molecular weight excluding hydrogens is 252 g/mol. The summed E-state index contributed by atoms with van der Waals surface area (Å²) < 4.78 is 5.48. The molecule has 1 N–H and O–H groups in total. The number of para-hydroxylation sites is 1. The Morgan fingerprint density at radius 2 is 1.90 bits per heavy atom. The number of aliphatic carboxylic acids is 1. The van der Waals surface area contributed by atoms with Crippen LogP contribution in [0.25, 0.3) is 0 Å². The minimum atomic E-state index is -0.976. The normalized spacial score (nSPS) is 12.7. The van der Waals surface area contributed by atoms with Crippen LogP contribution in [0.1, 0.15) is 33.6 Å². The Balaban J connectivity index is 2.67. The number of carboxylic acids is 1. The Morgan fingerprint density at radius 3 is 2.45 bits per heavy atom. The molecule has 1 rings (SSSR count). The van der Waals surface area contributed by atoms with E-state index < -0.39 is 12.1 Å². The summed E-state index contributed by atoms with van der Waals surface area (Å²) in [6, 6.07) is 9.01. The molecule has 108 valence electrons. The van der Waals surface area contributed by atoms with Crippen LogP contribution in [0.3, 0.4) is 0 Å². The van der Waals surface area contributed by atoms with Gasteiger partial charge in [-0.15, -0.1) is 0 Å². The average molecular weight is 274 g/mol. The van der Waals surface area contributed by atoms with Gasteiger partial charge < -0.3 is 9.84 Å². The third-order valence-corrected chi connectivity index (χ3v) is 2.78. The molecule has 1 atom stereocenters. The van der Waals surface area contributed by atoms with Crippen LogP contribution in [-0.2, 0) is 4.79 Å². The molecular formula is C17H22O3. The summed E-state index contributed by atoms with van der Waals surface area (Å²) in [5.41, 5.74) is 2.29. The van der Waals surface area contributed by atoms with Gasteiger partial charge in [-0.05, 0) is 51.8 Å². The Labute approximate surface area is 120 Å². The molecule has 0 aromatic heterocycles. The highest BCUT2D eigenvalue weighted by Gasteiger charge is 2.16. The van der Waals surface area contributed by atoms with Gasteiger partial charge in [0.05, 0.1) is 0 Å². The number of benzene rings is 1. The molecule has 1 aromatic rings.